The summed E-state index contributed by atoms with van der Waals surface area (Å²) in [5.41, 5.74) is 0. The third kappa shape index (κ3) is 4.08. The molecule has 0 aromatic heterocycles. The molecule has 0 saturated heterocycles. The standard InChI is InChI=1S/C10H9Cl2NO3/c11-7-1-2-9(8(12)5-7)16-6-10(15)13-3-4-14/h1-2,4-5H,3,6H2,(H,13,15). The topological polar surface area (TPSA) is 55.4 Å². The minimum atomic E-state index is -0.391. The van der Waals surface area contributed by atoms with E-state index in [1.807, 2.05) is 0 Å². The summed E-state index contributed by atoms with van der Waals surface area (Å²) < 4.78 is 5.13. The van der Waals surface area contributed by atoms with E-state index >= 15 is 0 Å². The summed E-state index contributed by atoms with van der Waals surface area (Å²) in [7, 11) is 0. The van der Waals surface area contributed by atoms with Crippen molar-refractivity contribution in [2.45, 2.75) is 0 Å². The maximum Gasteiger partial charge on any atom is 0.258 e. The third-order valence-electron chi connectivity index (χ3n) is 1.64. The number of carbonyl (C=O) groups excluding carboxylic acids is 2. The van der Waals surface area contributed by atoms with Crippen LogP contribution in [-0.4, -0.2) is 25.3 Å². The minimum Gasteiger partial charge on any atom is -0.482 e. The summed E-state index contributed by atoms with van der Waals surface area (Å²) in [6, 6.07) is 4.69. The zero-order valence-corrected chi connectivity index (χ0v) is 9.72. The van der Waals surface area contributed by atoms with E-state index in [0.717, 1.165) is 0 Å². The third-order valence-corrected chi connectivity index (χ3v) is 2.17. The first-order chi connectivity index (χ1) is 7.63. The second-order valence-electron chi connectivity index (χ2n) is 2.83. The van der Waals surface area contributed by atoms with Gasteiger partial charge in [-0.25, -0.2) is 0 Å². The zero-order valence-electron chi connectivity index (χ0n) is 8.20. The molecule has 0 bridgehead atoms. The van der Waals surface area contributed by atoms with Crippen molar-refractivity contribution in [2.75, 3.05) is 13.2 Å². The largest absolute Gasteiger partial charge is 0.482 e. The Morgan fingerprint density at radius 2 is 2.19 bits per heavy atom. The van der Waals surface area contributed by atoms with Gasteiger partial charge in [0.05, 0.1) is 11.6 Å². The maximum atomic E-state index is 11.1. The van der Waals surface area contributed by atoms with Gasteiger partial charge in [-0.2, -0.15) is 0 Å². The lowest BCUT2D eigenvalue weighted by atomic mass is 10.3. The molecule has 1 aromatic rings. The van der Waals surface area contributed by atoms with Crippen LogP contribution in [0.5, 0.6) is 5.75 Å². The van der Waals surface area contributed by atoms with Crippen molar-refractivity contribution in [1.29, 1.82) is 0 Å². The van der Waals surface area contributed by atoms with Crippen molar-refractivity contribution in [3.8, 4) is 5.75 Å². The molecule has 4 nitrogen and oxygen atoms in total. The van der Waals surface area contributed by atoms with Crippen LogP contribution in [0.25, 0.3) is 0 Å². The summed E-state index contributed by atoms with van der Waals surface area (Å²) in [6.45, 7) is -0.230. The van der Waals surface area contributed by atoms with E-state index in [-0.39, 0.29) is 13.2 Å². The lowest BCUT2D eigenvalue weighted by molar-refractivity contribution is -0.124. The Morgan fingerprint density at radius 3 is 2.81 bits per heavy atom. The molecular formula is C10H9Cl2NO3. The predicted octanol–water partition coefficient (Wildman–Crippen LogP) is 1.69. The second-order valence-corrected chi connectivity index (χ2v) is 3.68. The average Bonchev–Trinajstić information content (AvgIpc) is 2.25. The van der Waals surface area contributed by atoms with Crippen LogP contribution >= 0.6 is 23.2 Å². The lowest BCUT2D eigenvalue weighted by Crippen LogP contribution is -2.30. The fourth-order valence-electron chi connectivity index (χ4n) is 0.942. The summed E-state index contributed by atoms with van der Waals surface area (Å²) in [4.78, 5) is 21.1. The van der Waals surface area contributed by atoms with Gasteiger partial charge in [-0.3, -0.25) is 4.79 Å². The quantitative estimate of drug-likeness (QED) is 0.821. The van der Waals surface area contributed by atoms with Gasteiger partial charge < -0.3 is 14.8 Å². The Morgan fingerprint density at radius 1 is 1.44 bits per heavy atom. The number of aldehydes is 1. The Hall–Kier alpha value is -1.26. The number of halogens is 2. The number of rotatable bonds is 5. The van der Waals surface area contributed by atoms with Crippen molar-refractivity contribution in [3.63, 3.8) is 0 Å². The molecule has 1 rings (SSSR count). The molecule has 0 unspecified atom stereocenters. The summed E-state index contributed by atoms with van der Waals surface area (Å²) in [5, 5.41) is 3.15. The summed E-state index contributed by atoms with van der Waals surface area (Å²) >= 11 is 11.5. The lowest BCUT2D eigenvalue weighted by Gasteiger charge is -2.07. The fourth-order valence-corrected chi connectivity index (χ4v) is 1.41. The molecule has 0 radical (unpaired) electrons. The number of hydrogen-bond acceptors (Lipinski definition) is 3. The first kappa shape index (κ1) is 12.8. The number of hydrogen-bond donors (Lipinski definition) is 1. The summed E-state index contributed by atoms with van der Waals surface area (Å²) in [6.07, 6.45) is 0.590. The molecule has 1 N–H and O–H groups in total. The van der Waals surface area contributed by atoms with Crippen molar-refractivity contribution in [3.05, 3.63) is 28.2 Å². The van der Waals surface area contributed by atoms with Crippen LogP contribution in [0, 0.1) is 0 Å². The van der Waals surface area contributed by atoms with E-state index in [0.29, 0.717) is 22.1 Å². The highest BCUT2D eigenvalue weighted by atomic mass is 35.5. The van der Waals surface area contributed by atoms with Gasteiger partial charge in [-0.1, -0.05) is 23.2 Å². The number of ether oxygens (including phenoxy) is 1. The average molecular weight is 262 g/mol. The van der Waals surface area contributed by atoms with Crippen LogP contribution in [0.3, 0.4) is 0 Å². The highest BCUT2D eigenvalue weighted by Crippen LogP contribution is 2.27. The van der Waals surface area contributed by atoms with Crippen molar-refractivity contribution < 1.29 is 14.3 Å². The van der Waals surface area contributed by atoms with E-state index < -0.39 is 5.91 Å². The number of amides is 1. The predicted molar refractivity (Wildman–Crippen MR) is 61.0 cm³/mol. The molecule has 0 heterocycles. The van der Waals surface area contributed by atoms with Gasteiger partial charge in [-0.05, 0) is 18.2 Å². The monoisotopic (exact) mass is 261 g/mol. The van der Waals surface area contributed by atoms with Crippen molar-refractivity contribution in [2.24, 2.45) is 0 Å². The van der Waals surface area contributed by atoms with E-state index in [4.69, 9.17) is 27.9 Å². The Balaban J connectivity index is 2.48. The molecule has 0 aliphatic rings. The van der Waals surface area contributed by atoms with Crippen LogP contribution in [0.2, 0.25) is 10.0 Å². The molecule has 0 spiro atoms. The van der Waals surface area contributed by atoms with Gasteiger partial charge in [0, 0.05) is 5.02 Å². The Bertz CT molecular complexity index is 396. The van der Waals surface area contributed by atoms with Crippen LogP contribution < -0.4 is 10.1 Å². The van der Waals surface area contributed by atoms with Crippen molar-refractivity contribution in [1.82, 2.24) is 5.32 Å². The highest BCUT2D eigenvalue weighted by molar-refractivity contribution is 6.35. The van der Waals surface area contributed by atoms with E-state index in [1.54, 1.807) is 12.1 Å². The molecule has 16 heavy (non-hydrogen) atoms. The first-order valence-electron chi connectivity index (χ1n) is 4.41. The minimum absolute atomic E-state index is 0.0312. The summed E-state index contributed by atoms with van der Waals surface area (Å²) in [5.74, 6) is -0.0227. The maximum absolute atomic E-state index is 11.1. The van der Waals surface area contributed by atoms with Gasteiger partial charge in [0.1, 0.15) is 12.0 Å². The molecular weight excluding hydrogens is 253 g/mol. The van der Waals surface area contributed by atoms with Gasteiger partial charge >= 0.3 is 0 Å². The van der Waals surface area contributed by atoms with E-state index in [1.165, 1.54) is 6.07 Å². The highest BCUT2D eigenvalue weighted by Gasteiger charge is 2.05. The SMILES string of the molecule is O=CCNC(=O)COc1ccc(Cl)cc1Cl. The molecule has 0 aliphatic heterocycles. The number of carbonyl (C=O) groups is 2. The fraction of sp³-hybridized carbons (Fsp3) is 0.200. The Kier molecular flexibility index (Phi) is 5.08. The first-order valence-corrected chi connectivity index (χ1v) is 5.17. The number of nitrogens with one attached hydrogen (secondary N) is 1. The van der Waals surface area contributed by atoms with Gasteiger partial charge in [-0.15, -0.1) is 0 Å². The van der Waals surface area contributed by atoms with Crippen molar-refractivity contribution >= 4 is 35.4 Å². The molecule has 6 heteroatoms. The molecule has 0 saturated carbocycles. The van der Waals surface area contributed by atoms with Gasteiger partial charge in [0.15, 0.2) is 6.61 Å². The van der Waals surface area contributed by atoms with Gasteiger partial charge in [0.25, 0.3) is 5.91 Å². The van der Waals surface area contributed by atoms with Crippen LogP contribution in [0.15, 0.2) is 18.2 Å². The van der Waals surface area contributed by atoms with Crippen LogP contribution in [-0.2, 0) is 9.59 Å². The molecule has 0 fully saturated rings. The van der Waals surface area contributed by atoms with E-state index in [9.17, 15) is 9.59 Å². The van der Waals surface area contributed by atoms with Gasteiger partial charge in [0.2, 0.25) is 0 Å². The number of benzene rings is 1. The van der Waals surface area contributed by atoms with E-state index in [2.05, 4.69) is 5.32 Å². The zero-order chi connectivity index (χ0) is 12.0. The molecule has 0 aliphatic carbocycles. The smallest absolute Gasteiger partial charge is 0.258 e. The molecule has 0 atom stereocenters. The van der Waals surface area contributed by atoms with Crippen LogP contribution in [0.4, 0.5) is 0 Å². The molecule has 86 valence electrons. The molecule has 1 amide bonds. The Labute approximate surface area is 102 Å². The molecule has 1 aromatic carbocycles. The normalized spacial score (nSPS) is 9.62. The van der Waals surface area contributed by atoms with Crippen LogP contribution in [0.1, 0.15) is 0 Å². The second kappa shape index (κ2) is 6.35.